The van der Waals surface area contributed by atoms with Crippen LogP contribution in [0.1, 0.15) is 54.2 Å². The summed E-state index contributed by atoms with van der Waals surface area (Å²) in [4.78, 5) is 35.4. The molecule has 0 aromatic heterocycles. The van der Waals surface area contributed by atoms with Crippen LogP contribution in [0.15, 0.2) is 48.5 Å². The molecule has 0 aliphatic heterocycles. The van der Waals surface area contributed by atoms with E-state index in [-0.39, 0.29) is 18.1 Å². The van der Waals surface area contributed by atoms with Gasteiger partial charge in [0.2, 0.25) is 0 Å². The summed E-state index contributed by atoms with van der Waals surface area (Å²) < 4.78 is 15.7. The highest BCUT2D eigenvalue weighted by atomic mass is 16.5. The Morgan fingerprint density at radius 3 is 2.34 bits per heavy atom. The Balaban J connectivity index is 1.99. The van der Waals surface area contributed by atoms with Crippen LogP contribution in [-0.4, -0.2) is 31.4 Å². The van der Waals surface area contributed by atoms with E-state index in [2.05, 4.69) is 4.74 Å². The van der Waals surface area contributed by atoms with E-state index in [0.717, 1.165) is 16.7 Å². The SMILES string of the molecule is CCC(C)(C)C(=O)OCc1cccc(C)c1/C=C/COc1ccc(C(=O)C(=O)OC)cc1. The molecule has 0 saturated carbocycles. The molecule has 0 unspecified atom stereocenters. The van der Waals surface area contributed by atoms with E-state index < -0.39 is 17.2 Å². The monoisotopic (exact) mass is 438 g/mol. The zero-order chi connectivity index (χ0) is 23.7. The third-order valence-corrected chi connectivity index (χ3v) is 5.33. The van der Waals surface area contributed by atoms with Crippen LogP contribution in [0.5, 0.6) is 5.75 Å². The molecule has 170 valence electrons. The van der Waals surface area contributed by atoms with E-state index in [1.165, 1.54) is 19.2 Å². The van der Waals surface area contributed by atoms with Crippen molar-refractivity contribution in [1.29, 1.82) is 0 Å². The molecule has 0 saturated heterocycles. The first kappa shape index (κ1) is 24.9. The minimum absolute atomic E-state index is 0.208. The number of benzene rings is 2. The summed E-state index contributed by atoms with van der Waals surface area (Å²) in [6.07, 6.45) is 4.53. The van der Waals surface area contributed by atoms with Crippen LogP contribution in [0.4, 0.5) is 0 Å². The maximum atomic E-state index is 12.3. The number of esters is 2. The average molecular weight is 439 g/mol. The van der Waals surface area contributed by atoms with Crippen molar-refractivity contribution in [2.24, 2.45) is 5.41 Å². The highest BCUT2D eigenvalue weighted by Crippen LogP contribution is 2.24. The van der Waals surface area contributed by atoms with Gasteiger partial charge in [0.1, 0.15) is 19.0 Å². The zero-order valence-corrected chi connectivity index (χ0v) is 19.3. The molecule has 0 heterocycles. The van der Waals surface area contributed by atoms with Gasteiger partial charge in [-0.05, 0) is 74.2 Å². The summed E-state index contributed by atoms with van der Waals surface area (Å²) in [7, 11) is 1.17. The van der Waals surface area contributed by atoms with Crippen molar-refractivity contribution in [1.82, 2.24) is 0 Å². The molecule has 32 heavy (non-hydrogen) atoms. The molecule has 2 aromatic rings. The van der Waals surface area contributed by atoms with Gasteiger partial charge in [0.25, 0.3) is 5.78 Å². The molecule has 0 spiro atoms. The van der Waals surface area contributed by atoms with Gasteiger partial charge in [-0.3, -0.25) is 9.59 Å². The first-order chi connectivity index (χ1) is 15.2. The highest BCUT2D eigenvalue weighted by molar-refractivity contribution is 6.40. The minimum atomic E-state index is -0.903. The van der Waals surface area contributed by atoms with Gasteiger partial charge in [0.15, 0.2) is 0 Å². The third kappa shape index (κ3) is 6.54. The molecule has 0 amide bonds. The van der Waals surface area contributed by atoms with E-state index in [0.29, 0.717) is 18.8 Å². The third-order valence-electron chi connectivity index (χ3n) is 5.33. The van der Waals surface area contributed by atoms with Gasteiger partial charge in [0.05, 0.1) is 12.5 Å². The van der Waals surface area contributed by atoms with Crippen molar-refractivity contribution in [3.63, 3.8) is 0 Å². The molecule has 2 rings (SSSR count). The van der Waals surface area contributed by atoms with Gasteiger partial charge in [-0.1, -0.05) is 31.2 Å². The largest absolute Gasteiger partial charge is 0.490 e. The molecule has 6 nitrogen and oxygen atoms in total. The summed E-state index contributed by atoms with van der Waals surface area (Å²) in [5, 5.41) is 0. The summed E-state index contributed by atoms with van der Waals surface area (Å²) in [5.74, 6) is -1.25. The number of carbonyl (C=O) groups excluding carboxylic acids is 3. The predicted octanol–water partition coefficient (Wildman–Crippen LogP) is 4.92. The Bertz CT molecular complexity index is 986. The van der Waals surface area contributed by atoms with Gasteiger partial charge in [-0.15, -0.1) is 0 Å². The fraction of sp³-hybridized carbons (Fsp3) is 0.346. The minimum Gasteiger partial charge on any atom is -0.490 e. The number of hydrogen-bond donors (Lipinski definition) is 0. The topological polar surface area (TPSA) is 78.9 Å². The number of hydrogen-bond acceptors (Lipinski definition) is 6. The van der Waals surface area contributed by atoms with Gasteiger partial charge in [-0.25, -0.2) is 4.79 Å². The Hall–Kier alpha value is -3.41. The first-order valence-electron chi connectivity index (χ1n) is 10.5. The van der Waals surface area contributed by atoms with E-state index >= 15 is 0 Å². The van der Waals surface area contributed by atoms with E-state index in [4.69, 9.17) is 9.47 Å². The van der Waals surface area contributed by atoms with Crippen LogP contribution in [0.2, 0.25) is 0 Å². The maximum absolute atomic E-state index is 12.3. The van der Waals surface area contributed by atoms with Gasteiger partial charge in [0, 0.05) is 5.56 Å². The molecule has 0 radical (unpaired) electrons. The van der Waals surface area contributed by atoms with E-state index in [9.17, 15) is 14.4 Å². The Kier molecular flexibility index (Phi) is 8.76. The zero-order valence-electron chi connectivity index (χ0n) is 19.3. The Morgan fingerprint density at radius 2 is 1.72 bits per heavy atom. The quantitative estimate of drug-likeness (QED) is 0.298. The van der Waals surface area contributed by atoms with Crippen LogP contribution >= 0.6 is 0 Å². The number of aryl methyl sites for hydroxylation is 1. The molecule has 2 aromatic carbocycles. The van der Waals surface area contributed by atoms with Crippen molar-refractivity contribution in [3.8, 4) is 5.75 Å². The Morgan fingerprint density at radius 1 is 1.03 bits per heavy atom. The average Bonchev–Trinajstić information content (AvgIpc) is 2.80. The molecule has 6 heteroatoms. The van der Waals surface area contributed by atoms with Crippen molar-refractivity contribution in [2.75, 3.05) is 13.7 Å². The molecule has 0 fully saturated rings. The molecule has 0 atom stereocenters. The van der Waals surface area contributed by atoms with Gasteiger partial charge in [-0.2, -0.15) is 0 Å². The van der Waals surface area contributed by atoms with Gasteiger partial charge >= 0.3 is 11.9 Å². The smallest absolute Gasteiger partial charge is 0.379 e. The lowest BCUT2D eigenvalue weighted by Crippen LogP contribution is -2.25. The molecular weight excluding hydrogens is 408 g/mol. The number of ether oxygens (including phenoxy) is 3. The summed E-state index contributed by atoms with van der Waals surface area (Å²) >= 11 is 0. The standard InChI is InChI=1S/C26H30O6/c1-6-26(3,4)25(29)32-17-20-10-7-9-18(2)22(20)11-8-16-31-21-14-12-19(13-15-21)23(27)24(28)30-5/h7-15H,6,16-17H2,1-5H3/b11-8+. The second kappa shape index (κ2) is 11.3. The number of ketones is 1. The number of carbonyl (C=O) groups is 3. The number of rotatable bonds is 10. The molecule has 0 aliphatic rings. The van der Waals surface area contributed by atoms with Crippen LogP contribution in [0.25, 0.3) is 6.08 Å². The van der Waals surface area contributed by atoms with Gasteiger partial charge < -0.3 is 14.2 Å². The molecule has 0 aliphatic carbocycles. The van der Waals surface area contributed by atoms with Crippen molar-refractivity contribution < 1.29 is 28.6 Å². The van der Waals surface area contributed by atoms with E-state index in [1.807, 2.05) is 58.0 Å². The van der Waals surface area contributed by atoms with Crippen LogP contribution < -0.4 is 4.74 Å². The summed E-state index contributed by atoms with van der Waals surface area (Å²) in [5.41, 5.74) is 2.70. The fourth-order valence-electron chi connectivity index (χ4n) is 2.81. The van der Waals surface area contributed by atoms with E-state index in [1.54, 1.807) is 12.1 Å². The van der Waals surface area contributed by atoms with Crippen molar-refractivity contribution in [3.05, 3.63) is 70.8 Å². The number of methoxy groups -OCH3 is 1. The normalized spacial score (nSPS) is 11.3. The van der Waals surface area contributed by atoms with Crippen molar-refractivity contribution in [2.45, 2.75) is 40.7 Å². The lowest BCUT2D eigenvalue weighted by atomic mass is 9.91. The van der Waals surface area contributed by atoms with Crippen LogP contribution in [-0.2, 0) is 25.7 Å². The predicted molar refractivity (Wildman–Crippen MR) is 122 cm³/mol. The molecule has 0 bridgehead atoms. The van der Waals surface area contributed by atoms with Crippen LogP contribution in [0, 0.1) is 12.3 Å². The molecule has 0 N–H and O–H groups in total. The van der Waals surface area contributed by atoms with Crippen molar-refractivity contribution >= 4 is 23.8 Å². The second-order valence-electron chi connectivity index (χ2n) is 8.02. The molecular formula is C26H30O6. The van der Waals surface area contributed by atoms with Crippen LogP contribution in [0.3, 0.4) is 0 Å². The second-order valence-corrected chi connectivity index (χ2v) is 8.02. The lowest BCUT2D eigenvalue weighted by molar-refractivity contribution is -0.155. The summed E-state index contributed by atoms with van der Waals surface area (Å²) in [6.45, 7) is 8.23. The lowest BCUT2D eigenvalue weighted by Gasteiger charge is -2.21. The first-order valence-corrected chi connectivity index (χ1v) is 10.5. The highest BCUT2D eigenvalue weighted by Gasteiger charge is 2.27. The number of Topliss-reactive ketones (excluding diaryl/α,β-unsaturated/α-hetero) is 1. The summed E-state index contributed by atoms with van der Waals surface area (Å²) in [6, 6.07) is 12.2. The Labute approximate surface area is 189 Å². The maximum Gasteiger partial charge on any atom is 0.379 e. The fourth-order valence-corrected chi connectivity index (χ4v) is 2.81.